The lowest BCUT2D eigenvalue weighted by Crippen LogP contribution is -2.35. The fourth-order valence-corrected chi connectivity index (χ4v) is 4.02. The number of benzene rings is 1. The average Bonchev–Trinajstić information content (AvgIpc) is 2.79. The summed E-state index contributed by atoms with van der Waals surface area (Å²) in [6.07, 6.45) is 0.552. The highest BCUT2D eigenvalue weighted by molar-refractivity contribution is 7.89. The maximum atomic E-state index is 12.2. The molecule has 1 saturated heterocycles. The van der Waals surface area contributed by atoms with E-state index in [1.165, 1.54) is 12.1 Å². The van der Waals surface area contributed by atoms with Gasteiger partial charge in [0.25, 0.3) is 0 Å². The minimum Gasteiger partial charge on any atom is -0.478 e. The van der Waals surface area contributed by atoms with Crippen LogP contribution < -0.4 is 4.72 Å². The first-order valence-corrected chi connectivity index (χ1v) is 7.88. The van der Waals surface area contributed by atoms with E-state index in [4.69, 9.17) is 33.0 Å². The molecule has 1 atom stereocenters. The Balaban J connectivity index is 2.41. The summed E-state index contributed by atoms with van der Waals surface area (Å²) in [5.41, 5.74) is -0.432. The first-order chi connectivity index (χ1) is 9.33. The lowest BCUT2D eigenvalue weighted by atomic mass is 10.2. The average molecular weight is 340 g/mol. The Bertz CT molecular complexity index is 640. The van der Waals surface area contributed by atoms with Crippen LogP contribution >= 0.6 is 23.2 Å². The Kier molecular flexibility index (Phi) is 4.55. The van der Waals surface area contributed by atoms with Crippen molar-refractivity contribution in [2.45, 2.75) is 17.4 Å². The van der Waals surface area contributed by atoms with Gasteiger partial charge in [0.1, 0.15) is 4.90 Å². The second-order valence-corrected chi connectivity index (χ2v) is 6.69. The standard InChI is InChI=1S/C11H11Cl2NO5S/c12-7-1-2-8(10(13)9(7)11(15)16)20(17,18)14-6-3-4-19-5-6/h1-2,6,14H,3-5H2,(H,15,16). The summed E-state index contributed by atoms with van der Waals surface area (Å²) in [5.74, 6) is -1.39. The van der Waals surface area contributed by atoms with E-state index >= 15 is 0 Å². The largest absolute Gasteiger partial charge is 0.478 e. The number of aromatic carboxylic acids is 1. The molecule has 2 N–H and O–H groups in total. The molecule has 1 heterocycles. The normalized spacial score (nSPS) is 19.2. The quantitative estimate of drug-likeness (QED) is 0.871. The van der Waals surface area contributed by atoms with Crippen molar-refractivity contribution in [1.29, 1.82) is 0 Å². The van der Waals surface area contributed by atoms with E-state index in [0.717, 1.165) is 0 Å². The molecule has 1 unspecified atom stereocenters. The molecule has 110 valence electrons. The fourth-order valence-electron chi connectivity index (χ4n) is 1.85. The van der Waals surface area contributed by atoms with Crippen molar-refractivity contribution < 1.29 is 23.1 Å². The number of sulfonamides is 1. The molecule has 0 saturated carbocycles. The summed E-state index contributed by atoms with van der Waals surface area (Å²) in [6, 6.07) is 2.02. The van der Waals surface area contributed by atoms with Crippen molar-refractivity contribution in [2.75, 3.05) is 13.2 Å². The van der Waals surface area contributed by atoms with Gasteiger partial charge in [0.15, 0.2) is 0 Å². The topological polar surface area (TPSA) is 92.7 Å². The van der Waals surface area contributed by atoms with Crippen LogP contribution in [0.25, 0.3) is 0 Å². The van der Waals surface area contributed by atoms with Gasteiger partial charge in [0, 0.05) is 12.6 Å². The number of hydrogen-bond donors (Lipinski definition) is 2. The lowest BCUT2D eigenvalue weighted by Gasteiger charge is -2.14. The van der Waals surface area contributed by atoms with Crippen molar-refractivity contribution in [2.24, 2.45) is 0 Å². The number of nitrogens with one attached hydrogen (secondary N) is 1. The van der Waals surface area contributed by atoms with Crippen LogP contribution in [0.1, 0.15) is 16.8 Å². The lowest BCUT2D eigenvalue weighted by molar-refractivity contribution is 0.0697. The Morgan fingerprint density at radius 3 is 2.65 bits per heavy atom. The molecule has 20 heavy (non-hydrogen) atoms. The van der Waals surface area contributed by atoms with Crippen LogP contribution in [0.2, 0.25) is 10.0 Å². The van der Waals surface area contributed by atoms with E-state index in [2.05, 4.69) is 4.72 Å². The van der Waals surface area contributed by atoms with Gasteiger partial charge >= 0.3 is 5.97 Å². The van der Waals surface area contributed by atoms with Gasteiger partial charge < -0.3 is 9.84 Å². The Labute approximate surface area is 125 Å². The van der Waals surface area contributed by atoms with Gasteiger partial charge in [-0.2, -0.15) is 0 Å². The molecule has 9 heteroatoms. The molecule has 0 aromatic heterocycles. The summed E-state index contributed by atoms with van der Waals surface area (Å²) in [5, 5.41) is 8.49. The van der Waals surface area contributed by atoms with Gasteiger partial charge in [0.05, 0.1) is 22.2 Å². The molecule has 0 bridgehead atoms. The fraction of sp³-hybridized carbons (Fsp3) is 0.364. The molecule has 1 aromatic rings. The van der Waals surface area contributed by atoms with E-state index < -0.39 is 26.6 Å². The van der Waals surface area contributed by atoms with Crippen molar-refractivity contribution in [3.05, 3.63) is 27.7 Å². The van der Waals surface area contributed by atoms with Crippen LogP contribution in [-0.2, 0) is 14.8 Å². The molecule has 2 rings (SSSR count). The number of hydrogen-bond acceptors (Lipinski definition) is 4. The van der Waals surface area contributed by atoms with Crippen LogP contribution in [0.15, 0.2) is 17.0 Å². The van der Waals surface area contributed by atoms with Crippen molar-refractivity contribution >= 4 is 39.2 Å². The molecule has 1 aliphatic rings. The molecule has 0 amide bonds. The smallest absolute Gasteiger partial charge is 0.338 e. The number of ether oxygens (including phenoxy) is 1. The molecular formula is C11H11Cl2NO5S. The van der Waals surface area contributed by atoms with Gasteiger partial charge in [-0.15, -0.1) is 0 Å². The van der Waals surface area contributed by atoms with Gasteiger partial charge in [-0.1, -0.05) is 23.2 Å². The molecule has 0 aliphatic carbocycles. The summed E-state index contributed by atoms with van der Waals surface area (Å²) >= 11 is 11.6. The van der Waals surface area contributed by atoms with Crippen LogP contribution in [0.4, 0.5) is 0 Å². The second-order valence-electron chi connectivity index (χ2n) is 4.22. The number of carboxylic acids is 1. The highest BCUT2D eigenvalue weighted by Gasteiger charge is 2.28. The monoisotopic (exact) mass is 339 g/mol. The Hall–Kier alpha value is -0.860. The molecule has 1 aromatic carbocycles. The molecular weight excluding hydrogens is 329 g/mol. The number of carboxylic acid groups (broad SMARTS) is 1. The van der Waals surface area contributed by atoms with Crippen molar-refractivity contribution in [3.63, 3.8) is 0 Å². The van der Waals surface area contributed by atoms with Gasteiger partial charge in [-0.3, -0.25) is 0 Å². The van der Waals surface area contributed by atoms with Crippen molar-refractivity contribution in [3.8, 4) is 0 Å². The van der Waals surface area contributed by atoms with Gasteiger partial charge in [-0.25, -0.2) is 17.9 Å². The van der Waals surface area contributed by atoms with Gasteiger partial charge in [0.2, 0.25) is 10.0 Å². The maximum Gasteiger partial charge on any atom is 0.338 e. The summed E-state index contributed by atoms with van der Waals surface area (Å²) in [4.78, 5) is 10.8. The Morgan fingerprint density at radius 2 is 2.10 bits per heavy atom. The summed E-state index contributed by atoms with van der Waals surface area (Å²) < 4.78 is 31.9. The third-order valence-corrected chi connectivity index (χ3v) is 5.19. The Morgan fingerprint density at radius 1 is 1.40 bits per heavy atom. The zero-order chi connectivity index (χ0) is 14.9. The van der Waals surface area contributed by atoms with E-state index in [0.29, 0.717) is 13.0 Å². The predicted molar refractivity (Wildman–Crippen MR) is 73.0 cm³/mol. The van der Waals surface area contributed by atoms with Crippen LogP contribution in [0.5, 0.6) is 0 Å². The number of rotatable bonds is 4. The first kappa shape index (κ1) is 15.5. The highest BCUT2D eigenvalue weighted by Crippen LogP contribution is 2.31. The number of carbonyl (C=O) groups is 1. The zero-order valence-electron chi connectivity index (χ0n) is 10.1. The molecule has 1 fully saturated rings. The molecule has 1 aliphatic heterocycles. The minimum atomic E-state index is -3.93. The summed E-state index contributed by atoms with van der Waals surface area (Å²) in [6.45, 7) is 0.748. The third-order valence-electron chi connectivity index (χ3n) is 2.81. The van der Waals surface area contributed by atoms with Crippen LogP contribution in [0.3, 0.4) is 0 Å². The van der Waals surface area contributed by atoms with Crippen LogP contribution in [-0.4, -0.2) is 38.7 Å². The van der Waals surface area contributed by atoms with E-state index in [1.807, 2.05) is 0 Å². The van der Waals surface area contributed by atoms with E-state index in [1.54, 1.807) is 0 Å². The SMILES string of the molecule is O=C(O)c1c(Cl)ccc(S(=O)(=O)NC2CCOC2)c1Cl. The predicted octanol–water partition coefficient (Wildman–Crippen LogP) is 1.76. The van der Waals surface area contributed by atoms with E-state index in [9.17, 15) is 13.2 Å². The van der Waals surface area contributed by atoms with Crippen molar-refractivity contribution in [1.82, 2.24) is 4.72 Å². The molecule has 0 radical (unpaired) electrons. The second kappa shape index (κ2) is 5.87. The third kappa shape index (κ3) is 3.07. The first-order valence-electron chi connectivity index (χ1n) is 5.64. The maximum absolute atomic E-state index is 12.2. The number of halogens is 2. The van der Waals surface area contributed by atoms with E-state index in [-0.39, 0.29) is 22.6 Å². The van der Waals surface area contributed by atoms with Crippen LogP contribution in [0, 0.1) is 0 Å². The minimum absolute atomic E-state index is 0.120. The van der Waals surface area contributed by atoms with Gasteiger partial charge in [-0.05, 0) is 18.6 Å². The molecule has 0 spiro atoms. The summed E-state index contributed by atoms with van der Waals surface area (Å²) in [7, 11) is -3.93. The zero-order valence-corrected chi connectivity index (χ0v) is 12.4. The highest BCUT2D eigenvalue weighted by atomic mass is 35.5. The molecule has 6 nitrogen and oxygen atoms in total.